The molecule has 2 aromatic rings. The number of carbonyl (C=O) groups is 1. The lowest BCUT2D eigenvalue weighted by Crippen LogP contribution is -2.22. The Hall–Kier alpha value is -1.81. The Morgan fingerprint density at radius 1 is 1.23 bits per heavy atom. The van der Waals surface area contributed by atoms with E-state index in [0.29, 0.717) is 45.4 Å². The minimum atomic E-state index is -0.150. The fraction of sp³-hybridized carbons (Fsp3) is 0.250. The summed E-state index contributed by atoms with van der Waals surface area (Å²) in [5, 5.41) is 5.74. The maximum atomic E-state index is 11.8. The number of benzene rings is 2. The van der Waals surface area contributed by atoms with E-state index in [4.69, 9.17) is 38.0 Å². The van der Waals surface area contributed by atoms with Gasteiger partial charge >= 0.3 is 0 Å². The van der Waals surface area contributed by atoms with Gasteiger partial charge in [-0.25, -0.2) is 0 Å². The van der Waals surface area contributed by atoms with Gasteiger partial charge in [-0.15, -0.1) is 0 Å². The van der Waals surface area contributed by atoms with Crippen LogP contribution in [0.2, 0.25) is 5.02 Å². The molecule has 1 aliphatic rings. The Balaban J connectivity index is 1.66. The number of thioether (sulfide) groups is 1. The van der Waals surface area contributed by atoms with Gasteiger partial charge in [-0.1, -0.05) is 51.5 Å². The van der Waals surface area contributed by atoms with Gasteiger partial charge in [0.2, 0.25) is 0 Å². The average Bonchev–Trinajstić information content (AvgIpc) is 3.04. The van der Waals surface area contributed by atoms with Crippen molar-refractivity contribution < 1.29 is 19.0 Å². The zero-order valence-corrected chi connectivity index (χ0v) is 19.9. The summed E-state index contributed by atoms with van der Waals surface area (Å²) in [6.07, 6.45) is 1.52. The molecule has 0 N–H and O–H groups in total. The summed E-state index contributed by atoms with van der Waals surface area (Å²) in [5.74, 6) is 1.81. The molecule has 1 saturated heterocycles. The largest absolute Gasteiger partial charge is 0.490 e. The molecule has 0 aromatic heterocycles. The fourth-order valence-corrected chi connectivity index (χ4v) is 3.99. The lowest BCUT2D eigenvalue weighted by molar-refractivity contribution is -0.123. The van der Waals surface area contributed by atoms with Gasteiger partial charge in [0.1, 0.15) is 19.0 Å². The molecule has 2 aromatic carbocycles. The van der Waals surface area contributed by atoms with Crippen LogP contribution in [0.3, 0.4) is 0 Å². The van der Waals surface area contributed by atoms with Crippen molar-refractivity contribution in [2.45, 2.75) is 6.92 Å². The lowest BCUT2D eigenvalue weighted by Gasteiger charge is -2.15. The van der Waals surface area contributed by atoms with Crippen LogP contribution in [0.4, 0.5) is 0 Å². The SMILES string of the molecule is CCOc1cc(C=NN2C(=O)CSC2=S)cc(Cl)c1OCCOc1ccc(Br)cc1. The molecule has 3 rings (SSSR count). The normalized spacial score (nSPS) is 13.9. The number of hydrazone groups is 1. The molecule has 0 atom stereocenters. The molecule has 1 heterocycles. The second kappa shape index (κ2) is 11.0. The van der Waals surface area contributed by atoms with Gasteiger partial charge in [0, 0.05) is 4.47 Å². The molecule has 0 saturated carbocycles. The number of carbonyl (C=O) groups excluding carboxylic acids is 1. The second-order valence-electron chi connectivity index (χ2n) is 5.92. The maximum Gasteiger partial charge on any atom is 0.259 e. The third kappa shape index (κ3) is 6.10. The summed E-state index contributed by atoms with van der Waals surface area (Å²) in [4.78, 5) is 11.8. The summed E-state index contributed by atoms with van der Waals surface area (Å²) in [5.41, 5.74) is 0.661. The van der Waals surface area contributed by atoms with Crippen molar-refractivity contribution >= 4 is 68.0 Å². The highest BCUT2D eigenvalue weighted by atomic mass is 79.9. The highest BCUT2D eigenvalue weighted by Gasteiger charge is 2.26. The van der Waals surface area contributed by atoms with E-state index in [9.17, 15) is 4.79 Å². The zero-order valence-electron chi connectivity index (χ0n) is 16.0. The van der Waals surface area contributed by atoms with Gasteiger partial charge in [-0.2, -0.15) is 10.1 Å². The molecule has 158 valence electrons. The van der Waals surface area contributed by atoms with E-state index < -0.39 is 0 Å². The molecule has 30 heavy (non-hydrogen) atoms. The van der Waals surface area contributed by atoms with E-state index in [0.717, 1.165) is 10.2 Å². The molecular formula is C20H18BrClN2O4S2. The van der Waals surface area contributed by atoms with Gasteiger partial charge in [0.25, 0.3) is 5.91 Å². The van der Waals surface area contributed by atoms with E-state index in [-0.39, 0.29) is 12.5 Å². The molecule has 10 heteroatoms. The summed E-state index contributed by atoms with van der Waals surface area (Å²) >= 11 is 16.2. The van der Waals surface area contributed by atoms with Gasteiger partial charge < -0.3 is 14.2 Å². The standard InChI is InChI=1S/C20H18BrClN2O4S2/c1-2-26-17-10-13(11-23-24-18(25)12-30-20(24)29)9-16(22)19(17)28-8-7-27-15-5-3-14(21)4-6-15/h3-6,9-11H,2,7-8,12H2,1H3. The predicted molar refractivity (Wildman–Crippen MR) is 127 cm³/mol. The minimum Gasteiger partial charge on any atom is -0.490 e. The Bertz CT molecular complexity index is 941. The summed E-state index contributed by atoms with van der Waals surface area (Å²) < 4.78 is 18.6. The van der Waals surface area contributed by atoms with Crippen LogP contribution in [0, 0.1) is 0 Å². The molecule has 6 nitrogen and oxygen atoms in total. The smallest absolute Gasteiger partial charge is 0.259 e. The first-order valence-electron chi connectivity index (χ1n) is 8.99. The minimum absolute atomic E-state index is 0.150. The van der Waals surface area contributed by atoms with Gasteiger partial charge in [0.05, 0.1) is 23.6 Å². The highest BCUT2D eigenvalue weighted by molar-refractivity contribution is 9.10. The van der Waals surface area contributed by atoms with Crippen molar-refractivity contribution in [3.8, 4) is 17.2 Å². The first-order valence-corrected chi connectivity index (χ1v) is 11.6. The molecule has 0 radical (unpaired) electrons. The fourth-order valence-electron chi connectivity index (χ4n) is 2.48. The Morgan fingerprint density at radius 2 is 1.97 bits per heavy atom. The van der Waals surface area contributed by atoms with E-state index >= 15 is 0 Å². The van der Waals surface area contributed by atoms with Crippen LogP contribution in [-0.4, -0.2) is 47.0 Å². The topological polar surface area (TPSA) is 60.4 Å². The van der Waals surface area contributed by atoms with E-state index in [2.05, 4.69) is 21.0 Å². The van der Waals surface area contributed by atoms with Gasteiger partial charge in [0.15, 0.2) is 15.8 Å². The number of hydrogen-bond donors (Lipinski definition) is 0. The van der Waals surface area contributed by atoms with Crippen molar-refractivity contribution in [1.82, 2.24) is 5.01 Å². The third-order valence-electron chi connectivity index (χ3n) is 3.79. The van der Waals surface area contributed by atoms with Crippen LogP contribution in [-0.2, 0) is 4.79 Å². The van der Waals surface area contributed by atoms with Crippen LogP contribution in [0.15, 0.2) is 46.0 Å². The summed E-state index contributed by atoms with van der Waals surface area (Å²) in [7, 11) is 0. The van der Waals surface area contributed by atoms with E-state index in [1.165, 1.54) is 23.0 Å². The summed E-state index contributed by atoms with van der Waals surface area (Å²) in [6, 6.07) is 11.0. The number of ether oxygens (including phenoxy) is 3. The van der Waals surface area contributed by atoms with Crippen molar-refractivity contribution in [1.29, 1.82) is 0 Å². The molecule has 0 bridgehead atoms. The lowest BCUT2D eigenvalue weighted by atomic mass is 10.2. The van der Waals surface area contributed by atoms with Crippen molar-refractivity contribution in [2.24, 2.45) is 5.10 Å². The van der Waals surface area contributed by atoms with Crippen LogP contribution in [0.25, 0.3) is 0 Å². The van der Waals surface area contributed by atoms with Gasteiger partial charge in [-0.05, 0) is 48.9 Å². The molecule has 0 aliphatic carbocycles. The van der Waals surface area contributed by atoms with Crippen molar-refractivity contribution in [2.75, 3.05) is 25.6 Å². The molecule has 1 amide bonds. The number of hydrogen-bond acceptors (Lipinski definition) is 7. The Kier molecular flexibility index (Phi) is 8.38. The molecule has 1 aliphatic heterocycles. The predicted octanol–water partition coefficient (Wildman–Crippen LogP) is 5.15. The van der Waals surface area contributed by atoms with Crippen LogP contribution in [0.5, 0.6) is 17.2 Å². The van der Waals surface area contributed by atoms with Crippen LogP contribution in [0.1, 0.15) is 12.5 Å². The first-order chi connectivity index (χ1) is 14.5. The van der Waals surface area contributed by atoms with Crippen LogP contribution >= 0.6 is 51.5 Å². The molecule has 0 spiro atoms. The summed E-state index contributed by atoms with van der Waals surface area (Å²) in [6.45, 7) is 2.94. The molecule has 0 unspecified atom stereocenters. The Labute approximate surface area is 197 Å². The first kappa shape index (κ1) is 22.9. The highest BCUT2D eigenvalue weighted by Crippen LogP contribution is 2.36. The van der Waals surface area contributed by atoms with Crippen molar-refractivity contribution in [3.05, 3.63) is 51.5 Å². The monoisotopic (exact) mass is 528 g/mol. The van der Waals surface area contributed by atoms with Gasteiger partial charge in [-0.3, -0.25) is 4.79 Å². The van der Waals surface area contributed by atoms with E-state index in [1.807, 2.05) is 31.2 Å². The Morgan fingerprint density at radius 3 is 2.63 bits per heavy atom. The van der Waals surface area contributed by atoms with Crippen molar-refractivity contribution in [3.63, 3.8) is 0 Å². The number of amides is 1. The third-order valence-corrected chi connectivity index (χ3v) is 5.94. The number of thiocarbonyl (C=S) groups is 1. The molecular weight excluding hydrogens is 512 g/mol. The average molecular weight is 530 g/mol. The zero-order chi connectivity index (χ0) is 21.5. The quantitative estimate of drug-likeness (QED) is 0.254. The number of halogens is 2. The van der Waals surface area contributed by atoms with Crippen LogP contribution < -0.4 is 14.2 Å². The van der Waals surface area contributed by atoms with E-state index in [1.54, 1.807) is 12.1 Å². The second-order valence-corrected chi connectivity index (χ2v) is 8.85. The number of rotatable bonds is 9. The maximum absolute atomic E-state index is 11.8. The molecule has 1 fully saturated rings. The number of nitrogens with zero attached hydrogens (tertiary/aromatic N) is 2.